The highest BCUT2D eigenvalue weighted by Gasteiger charge is 2.30. The molecule has 1 heterocycles. The highest BCUT2D eigenvalue weighted by atomic mass is 31.2. The molecule has 0 bridgehead atoms. The van der Waals surface area contributed by atoms with Gasteiger partial charge in [0, 0.05) is 37.1 Å². The van der Waals surface area contributed by atoms with Crippen molar-refractivity contribution in [1.82, 2.24) is 10.1 Å². The Bertz CT molecular complexity index is 1580. The number of benzene rings is 3. The Hall–Kier alpha value is -4.65. The first kappa shape index (κ1) is 37.8. The van der Waals surface area contributed by atoms with Crippen LogP contribution in [0.3, 0.4) is 0 Å². The van der Waals surface area contributed by atoms with Gasteiger partial charge in [0.25, 0.3) is 6.47 Å². The van der Waals surface area contributed by atoms with Crippen LogP contribution in [0.4, 0.5) is 10.1 Å². The minimum absolute atomic E-state index is 0.0259. The zero-order chi connectivity index (χ0) is 34.9. The molecule has 12 nitrogen and oxygen atoms in total. The van der Waals surface area contributed by atoms with Crippen molar-refractivity contribution >= 4 is 25.8 Å². The average Bonchev–Trinajstić information content (AvgIpc) is 3.10. The van der Waals surface area contributed by atoms with E-state index in [1.54, 1.807) is 36.2 Å². The topological polar surface area (TPSA) is 155 Å². The Morgan fingerprint density at radius 2 is 1.54 bits per heavy atom. The summed E-state index contributed by atoms with van der Waals surface area (Å²) in [5.74, 6) is 5.10. The van der Waals surface area contributed by atoms with Gasteiger partial charge in [-0.1, -0.05) is 80.6 Å². The van der Waals surface area contributed by atoms with Crippen molar-refractivity contribution in [2.75, 3.05) is 32.1 Å². The van der Waals surface area contributed by atoms with Crippen LogP contribution in [-0.2, 0) is 40.9 Å². The van der Waals surface area contributed by atoms with Gasteiger partial charge in [-0.05, 0) is 35.4 Å². The molecule has 0 fully saturated rings. The Morgan fingerprint density at radius 3 is 2.04 bits per heavy atom. The van der Waals surface area contributed by atoms with Gasteiger partial charge in [0.2, 0.25) is 0 Å². The highest BCUT2D eigenvalue weighted by molar-refractivity contribution is 7.48. The maximum atomic E-state index is 15.3. The summed E-state index contributed by atoms with van der Waals surface area (Å²) < 4.78 is 51.1. The molecule has 1 unspecified atom stereocenters. The fourth-order valence-corrected chi connectivity index (χ4v) is 5.45. The molecule has 0 aliphatic carbocycles. The van der Waals surface area contributed by atoms with Crippen molar-refractivity contribution < 1.29 is 32.1 Å². The standard InChI is InChI=1S/C32H36FN6O6P.C2H6/c1-38(27-14-15-29(30(33)17-27)26-13-16-31(36-18-26)32(34)37-39(2)35)19-28(42-23-40)22-45-46(41,43-20-24-9-5-3-6-10-24)44-21-25-11-7-4-8-12-25;1-2/h3-18,23,28H,19-22,35H2,1-2H3,(H2,34,37);1-2H3. The molecule has 0 amide bonds. The van der Waals surface area contributed by atoms with Gasteiger partial charge in [0.05, 0.1) is 26.4 Å². The Balaban J connectivity index is 0.00000307. The first-order chi connectivity index (χ1) is 23.2. The van der Waals surface area contributed by atoms with E-state index in [9.17, 15) is 9.36 Å². The van der Waals surface area contributed by atoms with Crippen LogP contribution in [-0.4, -0.2) is 55.8 Å². The predicted octanol–water partition coefficient (Wildman–Crippen LogP) is 5.88. The number of anilines is 1. The Labute approximate surface area is 280 Å². The predicted molar refractivity (Wildman–Crippen MR) is 184 cm³/mol. The zero-order valence-corrected chi connectivity index (χ0v) is 28.3. The molecule has 0 aliphatic heterocycles. The molecule has 0 radical (unpaired) electrons. The van der Waals surface area contributed by atoms with Gasteiger partial charge in [-0.15, -0.1) is 5.10 Å². The maximum Gasteiger partial charge on any atom is 0.475 e. The van der Waals surface area contributed by atoms with E-state index in [1.165, 1.54) is 19.3 Å². The SMILES string of the molecule is CC.CN(N)/N=C(\N)c1ccc(-c2ccc(N(C)CC(COP(=O)(OCc3ccccc3)OCc3ccccc3)OC=O)cc2F)cn1. The molecular weight excluding hydrogens is 638 g/mol. The Morgan fingerprint density at radius 1 is 0.938 bits per heavy atom. The fourth-order valence-electron chi connectivity index (χ4n) is 4.27. The second kappa shape index (κ2) is 19.2. The fraction of sp³-hybridized carbons (Fsp3) is 0.265. The molecule has 48 heavy (non-hydrogen) atoms. The van der Waals surface area contributed by atoms with Crippen molar-refractivity contribution in [2.24, 2.45) is 16.7 Å². The molecule has 1 atom stereocenters. The Kier molecular flexibility index (Phi) is 15.2. The summed E-state index contributed by atoms with van der Waals surface area (Å²) in [7, 11) is -0.893. The molecule has 3 aromatic carbocycles. The van der Waals surface area contributed by atoms with E-state index in [4.69, 9.17) is 29.9 Å². The van der Waals surface area contributed by atoms with Crippen molar-refractivity contribution in [1.29, 1.82) is 0 Å². The van der Waals surface area contributed by atoms with Gasteiger partial charge < -0.3 is 15.4 Å². The van der Waals surface area contributed by atoms with Gasteiger partial charge in [0.15, 0.2) is 5.84 Å². The summed E-state index contributed by atoms with van der Waals surface area (Å²) in [5.41, 5.74) is 9.14. The molecule has 4 rings (SSSR count). The number of carbonyl (C=O) groups is 1. The van der Waals surface area contributed by atoms with E-state index in [0.29, 0.717) is 22.5 Å². The molecular formula is C34H42FN6O6P. The largest absolute Gasteiger partial charge is 0.475 e. The molecule has 256 valence electrons. The van der Waals surface area contributed by atoms with Crippen LogP contribution in [0.5, 0.6) is 0 Å². The zero-order valence-electron chi connectivity index (χ0n) is 27.4. The first-order valence-electron chi connectivity index (χ1n) is 15.2. The van der Waals surface area contributed by atoms with Crippen LogP contribution in [0.25, 0.3) is 11.1 Å². The lowest BCUT2D eigenvalue weighted by Gasteiger charge is -2.26. The number of pyridine rings is 1. The minimum Gasteiger partial charge on any atom is -0.460 e. The van der Waals surface area contributed by atoms with Crippen LogP contribution < -0.4 is 16.5 Å². The summed E-state index contributed by atoms with van der Waals surface area (Å²) in [6.07, 6.45) is 0.593. The van der Waals surface area contributed by atoms with E-state index in [-0.39, 0.29) is 38.7 Å². The number of phosphoric acid groups is 1. The molecule has 4 aromatic rings. The van der Waals surface area contributed by atoms with Gasteiger partial charge in [-0.25, -0.2) is 19.9 Å². The number of hydrazine groups is 1. The number of rotatable bonds is 17. The third-order valence-electron chi connectivity index (χ3n) is 6.60. The van der Waals surface area contributed by atoms with Crippen molar-refractivity contribution in [3.63, 3.8) is 0 Å². The van der Waals surface area contributed by atoms with Gasteiger partial charge in [-0.2, -0.15) is 0 Å². The number of hydrazone groups is 1. The number of nitrogens with two attached hydrogens (primary N) is 2. The smallest absolute Gasteiger partial charge is 0.460 e. The number of carbonyl (C=O) groups excluding carboxylic acids is 1. The highest BCUT2D eigenvalue weighted by Crippen LogP contribution is 2.51. The summed E-state index contributed by atoms with van der Waals surface area (Å²) in [6, 6.07) is 26.2. The van der Waals surface area contributed by atoms with Crippen LogP contribution >= 0.6 is 7.82 Å². The summed E-state index contributed by atoms with van der Waals surface area (Å²) in [5, 5.41) is 4.96. The third kappa shape index (κ3) is 11.9. The molecule has 1 aromatic heterocycles. The number of hydrogen-bond acceptors (Lipinski definition) is 11. The lowest BCUT2D eigenvalue weighted by atomic mass is 10.1. The van der Waals surface area contributed by atoms with Crippen LogP contribution in [0, 0.1) is 5.82 Å². The second-order valence-corrected chi connectivity index (χ2v) is 11.8. The number of ether oxygens (including phenoxy) is 1. The van der Waals surface area contributed by atoms with Crippen molar-refractivity contribution in [3.05, 3.63) is 120 Å². The lowest BCUT2D eigenvalue weighted by molar-refractivity contribution is -0.134. The first-order valence-corrected chi connectivity index (χ1v) is 16.6. The number of likely N-dealkylation sites (N-methyl/N-ethyl adjacent to an activating group) is 1. The molecule has 0 aliphatic rings. The maximum absolute atomic E-state index is 15.3. The minimum atomic E-state index is -4.11. The van der Waals surface area contributed by atoms with E-state index in [1.807, 2.05) is 74.5 Å². The van der Waals surface area contributed by atoms with Crippen LogP contribution in [0.2, 0.25) is 0 Å². The van der Waals surface area contributed by atoms with Crippen molar-refractivity contribution in [3.8, 4) is 11.1 Å². The number of halogens is 1. The van der Waals surface area contributed by atoms with E-state index in [2.05, 4.69) is 10.1 Å². The quantitative estimate of drug-likeness (QED) is 0.0343. The van der Waals surface area contributed by atoms with E-state index in [0.717, 1.165) is 16.2 Å². The molecule has 0 saturated carbocycles. The van der Waals surface area contributed by atoms with Crippen molar-refractivity contribution in [2.45, 2.75) is 33.2 Å². The molecule has 0 saturated heterocycles. The summed E-state index contributed by atoms with van der Waals surface area (Å²) in [4.78, 5) is 17.3. The third-order valence-corrected chi connectivity index (χ3v) is 7.96. The van der Waals surface area contributed by atoms with Crippen LogP contribution in [0.15, 0.2) is 102 Å². The van der Waals surface area contributed by atoms with E-state index >= 15 is 4.39 Å². The van der Waals surface area contributed by atoms with Gasteiger partial charge in [0.1, 0.15) is 17.6 Å². The number of nitrogens with zero attached hydrogens (tertiary/aromatic N) is 4. The lowest BCUT2D eigenvalue weighted by Crippen LogP contribution is -2.34. The second-order valence-electron chi connectivity index (χ2n) is 10.2. The van der Waals surface area contributed by atoms with Gasteiger partial charge in [-0.3, -0.25) is 23.3 Å². The average molecular weight is 681 g/mol. The number of hydrogen-bond donors (Lipinski definition) is 2. The summed E-state index contributed by atoms with van der Waals surface area (Å²) >= 11 is 0. The summed E-state index contributed by atoms with van der Waals surface area (Å²) in [6.45, 7) is 3.99. The molecule has 4 N–H and O–H groups in total. The van der Waals surface area contributed by atoms with Gasteiger partial charge >= 0.3 is 7.82 Å². The van der Waals surface area contributed by atoms with E-state index < -0.39 is 19.7 Å². The number of phosphoric ester groups is 1. The molecule has 14 heteroatoms. The molecule has 0 spiro atoms. The monoisotopic (exact) mass is 680 g/mol. The van der Waals surface area contributed by atoms with Crippen LogP contribution in [0.1, 0.15) is 30.7 Å². The normalized spacial score (nSPS) is 12.0. The number of amidine groups is 1. The number of aromatic nitrogens is 1.